The van der Waals surface area contributed by atoms with Gasteiger partial charge in [-0.25, -0.2) is 0 Å². The number of nitrogens with one attached hydrogen (secondary N) is 1. The first-order chi connectivity index (χ1) is 11.8. The van der Waals surface area contributed by atoms with Crippen LogP contribution in [0.5, 0.6) is 0 Å². The molecule has 0 radical (unpaired) electrons. The maximum absolute atomic E-state index is 12.5. The fraction of sp³-hybridized carbons (Fsp3) is 0.312. The van der Waals surface area contributed by atoms with E-state index in [-0.39, 0.29) is 11.8 Å². The Morgan fingerprint density at radius 2 is 2.25 bits per heavy atom. The van der Waals surface area contributed by atoms with Crippen LogP contribution >= 0.6 is 0 Å². The quantitative estimate of drug-likeness (QED) is 0.783. The third-order valence-electron chi connectivity index (χ3n) is 4.19. The van der Waals surface area contributed by atoms with Gasteiger partial charge in [-0.3, -0.25) is 9.78 Å². The Balaban J connectivity index is 1.47. The van der Waals surface area contributed by atoms with E-state index >= 15 is 0 Å². The van der Waals surface area contributed by atoms with E-state index in [1.165, 1.54) is 0 Å². The third-order valence-corrected chi connectivity index (χ3v) is 4.19. The fourth-order valence-corrected chi connectivity index (χ4v) is 2.97. The molecule has 0 spiro atoms. The molecule has 24 heavy (non-hydrogen) atoms. The summed E-state index contributed by atoms with van der Waals surface area (Å²) in [6.07, 6.45) is 6.74. The molecule has 1 N–H and O–H groups in total. The molecule has 1 aliphatic heterocycles. The highest BCUT2D eigenvalue weighted by molar-refractivity contribution is 5.92. The number of anilines is 2. The van der Waals surface area contributed by atoms with E-state index in [0.29, 0.717) is 12.2 Å². The Morgan fingerprint density at radius 1 is 1.29 bits per heavy atom. The summed E-state index contributed by atoms with van der Waals surface area (Å²) in [6.45, 7) is 1.53. The molecule has 1 saturated heterocycles. The summed E-state index contributed by atoms with van der Waals surface area (Å²) >= 11 is 0. The van der Waals surface area contributed by atoms with Crippen molar-refractivity contribution in [3.63, 3.8) is 0 Å². The molecule has 4 heterocycles. The summed E-state index contributed by atoms with van der Waals surface area (Å²) in [4.78, 5) is 18.7. The monoisotopic (exact) mass is 323 g/mol. The summed E-state index contributed by atoms with van der Waals surface area (Å²) < 4.78 is 1.65. The second-order valence-electron chi connectivity index (χ2n) is 5.84. The van der Waals surface area contributed by atoms with Crippen molar-refractivity contribution in [1.29, 1.82) is 0 Å². The van der Waals surface area contributed by atoms with Crippen LogP contribution in [0.15, 0.2) is 43.0 Å². The topological polar surface area (TPSA) is 88.3 Å². The zero-order valence-electron chi connectivity index (χ0n) is 13.0. The average Bonchev–Trinajstić information content (AvgIpc) is 3.10. The van der Waals surface area contributed by atoms with Crippen LogP contribution in [0, 0.1) is 5.92 Å². The molecular formula is C16H17N7O. The lowest BCUT2D eigenvalue weighted by Crippen LogP contribution is -2.41. The van der Waals surface area contributed by atoms with Crippen LogP contribution in [0.25, 0.3) is 5.65 Å². The first-order valence-electron chi connectivity index (χ1n) is 7.92. The van der Waals surface area contributed by atoms with E-state index in [9.17, 15) is 4.79 Å². The molecule has 0 aliphatic carbocycles. The van der Waals surface area contributed by atoms with E-state index in [2.05, 4.69) is 30.5 Å². The Kier molecular flexibility index (Phi) is 3.78. The van der Waals surface area contributed by atoms with Gasteiger partial charge >= 0.3 is 0 Å². The van der Waals surface area contributed by atoms with Crippen LogP contribution in [-0.2, 0) is 4.79 Å². The van der Waals surface area contributed by atoms with Gasteiger partial charge in [-0.15, -0.1) is 15.3 Å². The minimum Gasteiger partial charge on any atom is -0.354 e. The lowest BCUT2D eigenvalue weighted by Gasteiger charge is -2.32. The van der Waals surface area contributed by atoms with Crippen molar-refractivity contribution in [2.75, 3.05) is 23.3 Å². The van der Waals surface area contributed by atoms with E-state index in [1.807, 2.05) is 18.2 Å². The number of pyridine rings is 1. The molecule has 1 atom stereocenters. The van der Waals surface area contributed by atoms with Gasteiger partial charge in [0.25, 0.3) is 0 Å². The number of hydrogen-bond donors (Lipinski definition) is 1. The number of nitrogens with zero attached hydrogens (tertiary/aromatic N) is 6. The molecule has 0 aromatic carbocycles. The van der Waals surface area contributed by atoms with Crippen molar-refractivity contribution in [3.8, 4) is 0 Å². The molecule has 122 valence electrons. The highest BCUT2D eigenvalue weighted by atomic mass is 16.1. The van der Waals surface area contributed by atoms with Gasteiger partial charge in [-0.2, -0.15) is 4.52 Å². The molecule has 1 unspecified atom stereocenters. The largest absolute Gasteiger partial charge is 0.354 e. The normalized spacial score (nSPS) is 17.8. The smallest absolute Gasteiger partial charge is 0.229 e. The van der Waals surface area contributed by atoms with Gasteiger partial charge in [0, 0.05) is 19.3 Å². The van der Waals surface area contributed by atoms with Gasteiger partial charge in [0.2, 0.25) is 5.91 Å². The molecule has 1 amide bonds. The van der Waals surface area contributed by atoms with Crippen LogP contribution < -0.4 is 10.2 Å². The van der Waals surface area contributed by atoms with Gasteiger partial charge in [-0.05, 0) is 37.1 Å². The second-order valence-corrected chi connectivity index (χ2v) is 5.84. The van der Waals surface area contributed by atoms with Crippen molar-refractivity contribution in [2.45, 2.75) is 12.8 Å². The van der Waals surface area contributed by atoms with Crippen molar-refractivity contribution >= 4 is 23.1 Å². The fourth-order valence-electron chi connectivity index (χ4n) is 2.97. The van der Waals surface area contributed by atoms with Gasteiger partial charge in [0.1, 0.15) is 12.1 Å². The number of rotatable bonds is 3. The average molecular weight is 323 g/mol. The number of amides is 1. The maximum Gasteiger partial charge on any atom is 0.229 e. The van der Waals surface area contributed by atoms with Crippen LogP contribution in [0.1, 0.15) is 12.8 Å². The van der Waals surface area contributed by atoms with E-state index in [4.69, 9.17) is 0 Å². The Morgan fingerprint density at radius 3 is 3.12 bits per heavy atom. The van der Waals surface area contributed by atoms with Crippen molar-refractivity contribution in [1.82, 2.24) is 24.8 Å². The lowest BCUT2D eigenvalue weighted by molar-refractivity contribution is -0.120. The first-order valence-corrected chi connectivity index (χ1v) is 7.92. The number of carbonyl (C=O) groups excluding carboxylic acids is 1. The zero-order chi connectivity index (χ0) is 16.4. The maximum atomic E-state index is 12.5. The summed E-state index contributed by atoms with van der Waals surface area (Å²) in [6, 6.07) is 7.45. The number of fused-ring (bicyclic) bond motifs is 1. The zero-order valence-corrected chi connectivity index (χ0v) is 13.0. The van der Waals surface area contributed by atoms with E-state index in [1.54, 1.807) is 29.3 Å². The standard InChI is InChI=1S/C16H17N7O/c24-16(19-13-4-1-7-17-9-13)12-3-2-8-22(10-12)15-6-5-14-20-18-11-23(14)21-15/h1,4-7,9,11-12H,2-3,8,10H2,(H,19,24). The molecular weight excluding hydrogens is 306 g/mol. The molecule has 4 rings (SSSR count). The number of piperidine rings is 1. The number of carbonyl (C=O) groups is 1. The lowest BCUT2D eigenvalue weighted by atomic mass is 9.97. The summed E-state index contributed by atoms with van der Waals surface area (Å²) in [5.74, 6) is 0.789. The molecule has 1 aliphatic rings. The minimum atomic E-state index is -0.0719. The van der Waals surface area contributed by atoms with Crippen LogP contribution in [0.4, 0.5) is 11.5 Å². The molecule has 8 heteroatoms. The van der Waals surface area contributed by atoms with E-state index in [0.717, 1.165) is 30.9 Å². The molecule has 3 aromatic heterocycles. The number of hydrogen-bond acceptors (Lipinski definition) is 6. The second kappa shape index (κ2) is 6.23. The summed E-state index contributed by atoms with van der Waals surface area (Å²) in [5.41, 5.74) is 1.44. The number of aromatic nitrogens is 5. The molecule has 1 fully saturated rings. The van der Waals surface area contributed by atoms with Crippen LogP contribution in [0.3, 0.4) is 0 Å². The van der Waals surface area contributed by atoms with Crippen molar-refractivity contribution < 1.29 is 4.79 Å². The highest BCUT2D eigenvalue weighted by Gasteiger charge is 2.26. The van der Waals surface area contributed by atoms with Gasteiger partial charge in [0.05, 0.1) is 17.8 Å². The molecule has 0 saturated carbocycles. The third kappa shape index (κ3) is 2.90. The summed E-state index contributed by atoms with van der Waals surface area (Å²) in [7, 11) is 0. The Bertz CT molecular complexity index is 848. The minimum absolute atomic E-state index is 0.0260. The highest BCUT2D eigenvalue weighted by Crippen LogP contribution is 2.22. The van der Waals surface area contributed by atoms with Gasteiger partial charge in [0.15, 0.2) is 5.65 Å². The Labute approximate surface area is 138 Å². The predicted octanol–water partition coefficient (Wildman–Crippen LogP) is 1.37. The first kappa shape index (κ1) is 14.6. The predicted molar refractivity (Wildman–Crippen MR) is 88.6 cm³/mol. The van der Waals surface area contributed by atoms with Gasteiger partial charge < -0.3 is 10.2 Å². The van der Waals surface area contributed by atoms with Crippen molar-refractivity contribution in [3.05, 3.63) is 43.0 Å². The van der Waals surface area contributed by atoms with Gasteiger partial charge in [-0.1, -0.05) is 0 Å². The molecule has 8 nitrogen and oxygen atoms in total. The van der Waals surface area contributed by atoms with E-state index < -0.39 is 0 Å². The van der Waals surface area contributed by atoms with Crippen LogP contribution in [0.2, 0.25) is 0 Å². The summed E-state index contributed by atoms with van der Waals surface area (Å²) in [5, 5.41) is 15.2. The Hall–Kier alpha value is -3.03. The van der Waals surface area contributed by atoms with Crippen molar-refractivity contribution in [2.24, 2.45) is 5.92 Å². The SMILES string of the molecule is O=C(Nc1cccnc1)C1CCCN(c2ccc3nncn3n2)C1. The molecule has 3 aromatic rings. The van der Waals surface area contributed by atoms with Crippen LogP contribution in [-0.4, -0.2) is 43.8 Å². The molecule has 0 bridgehead atoms.